The van der Waals surface area contributed by atoms with E-state index >= 15 is 0 Å². The van der Waals surface area contributed by atoms with Gasteiger partial charge in [0.25, 0.3) is 5.91 Å². The molecule has 0 heterocycles. The Balaban J connectivity index is 1.52. The van der Waals surface area contributed by atoms with Gasteiger partial charge in [0.05, 0.1) is 0 Å². The predicted octanol–water partition coefficient (Wildman–Crippen LogP) is 5.37. The summed E-state index contributed by atoms with van der Waals surface area (Å²) >= 11 is 0. The quantitative estimate of drug-likeness (QED) is 0.796. The molecule has 3 rings (SSSR count). The van der Waals surface area contributed by atoms with Crippen LogP contribution in [0.3, 0.4) is 0 Å². The number of ether oxygens (including phenoxy) is 1. The van der Waals surface area contributed by atoms with Gasteiger partial charge in [-0.1, -0.05) is 43.5 Å². The highest BCUT2D eigenvalue weighted by atomic mass is 16.5. The summed E-state index contributed by atoms with van der Waals surface area (Å²) in [6.45, 7) is 4.07. The van der Waals surface area contributed by atoms with Crippen molar-refractivity contribution in [1.82, 2.24) is 0 Å². The number of carbonyl (C=O) groups excluding carboxylic acids is 1. The normalized spacial score (nSPS) is 15.0. The van der Waals surface area contributed by atoms with Crippen molar-refractivity contribution in [3.05, 3.63) is 59.2 Å². The molecule has 0 bridgehead atoms. The molecule has 2 aromatic carbocycles. The third-order valence-corrected chi connectivity index (χ3v) is 5.21. The topological polar surface area (TPSA) is 38.3 Å². The lowest BCUT2D eigenvalue weighted by Gasteiger charge is -2.22. The first kappa shape index (κ1) is 17.5. The minimum atomic E-state index is -0.134. The van der Waals surface area contributed by atoms with Crippen molar-refractivity contribution in [2.24, 2.45) is 0 Å². The second kappa shape index (κ2) is 8.19. The highest BCUT2D eigenvalue weighted by Gasteiger charge is 2.15. The lowest BCUT2D eigenvalue weighted by atomic mass is 9.84. The van der Waals surface area contributed by atoms with Crippen molar-refractivity contribution >= 4 is 11.6 Å². The van der Waals surface area contributed by atoms with Crippen LogP contribution in [0.2, 0.25) is 0 Å². The lowest BCUT2D eigenvalue weighted by molar-refractivity contribution is -0.118. The molecule has 1 aliphatic carbocycles. The van der Waals surface area contributed by atoms with Gasteiger partial charge < -0.3 is 10.1 Å². The molecule has 25 heavy (non-hydrogen) atoms. The van der Waals surface area contributed by atoms with E-state index in [-0.39, 0.29) is 12.5 Å². The maximum atomic E-state index is 12.1. The molecule has 1 aliphatic rings. The molecular weight excluding hydrogens is 310 g/mol. The summed E-state index contributed by atoms with van der Waals surface area (Å²) in [4.78, 5) is 12.1. The zero-order valence-corrected chi connectivity index (χ0v) is 15.2. The van der Waals surface area contributed by atoms with Gasteiger partial charge in [0, 0.05) is 5.69 Å². The van der Waals surface area contributed by atoms with Crippen molar-refractivity contribution in [3.8, 4) is 5.75 Å². The first-order valence-corrected chi connectivity index (χ1v) is 9.22. The van der Waals surface area contributed by atoms with Crippen LogP contribution < -0.4 is 10.1 Å². The molecule has 3 heteroatoms. The van der Waals surface area contributed by atoms with Crippen molar-refractivity contribution in [2.45, 2.75) is 51.9 Å². The zero-order valence-electron chi connectivity index (χ0n) is 15.2. The molecule has 0 aliphatic heterocycles. The van der Waals surface area contributed by atoms with Gasteiger partial charge >= 0.3 is 0 Å². The number of amides is 1. The fourth-order valence-electron chi connectivity index (χ4n) is 3.49. The Hall–Kier alpha value is -2.29. The summed E-state index contributed by atoms with van der Waals surface area (Å²) in [6.07, 6.45) is 6.62. The maximum absolute atomic E-state index is 12.1. The van der Waals surface area contributed by atoms with Gasteiger partial charge in [0.15, 0.2) is 6.61 Å². The maximum Gasteiger partial charge on any atom is 0.262 e. The van der Waals surface area contributed by atoms with Crippen molar-refractivity contribution in [3.63, 3.8) is 0 Å². The summed E-state index contributed by atoms with van der Waals surface area (Å²) in [7, 11) is 0. The van der Waals surface area contributed by atoms with E-state index in [9.17, 15) is 4.79 Å². The van der Waals surface area contributed by atoms with Gasteiger partial charge in [0.2, 0.25) is 0 Å². The Kier molecular flexibility index (Phi) is 5.75. The second-order valence-corrected chi connectivity index (χ2v) is 6.99. The number of aryl methyl sites for hydroxylation is 1. The van der Waals surface area contributed by atoms with Crippen LogP contribution in [0.5, 0.6) is 5.75 Å². The van der Waals surface area contributed by atoms with Gasteiger partial charge in [-0.25, -0.2) is 0 Å². The number of nitrogens with one attached hydrogen (secondary N) is 1. The van der Waals surface area contributed by atoms with Crippen molar-refractivity contribution in [2.75, 3.05) is 11.9 Å². The lowest BCUT2D eigenvalue weighted by Crippen LogP contribution is -2.20. The van der Waals surface area contributed by atoms with E-state index in [1.165, 1.54) is 37.7 Å². The fourth-order valence-corrected chi connectivity index (χ4v) is 3.49. The Morgan fingerprint density at radius 1 is 1.04 bits per heavy atom. The van der Waals surface area contributed by atoms with Crippen LogP contribution in [0.25, 0.3) is 0 Å². The number of carbonyl (C=O) groups is 1. The number of rotatable bonds is 5. The van der Waals surface area contributed by atoms with Gasteiger partial charge in [0.1, 0.15) is 5.75 Å². The average Bonchev–Trinajstić information content (AvgIpc) is 2.65. The van der Waals surface area contributed by atoms with Crippen LogP contribution >= 0.6 is 0 Å². The third kappa shape index (κ3) is 4.62. The smallest absolute Gasteiger partial charge is 0.262 e. The number of anilines is 1. The summed E-state index contributed by atoms with van der Waals surface area (Å²) in [5.74, 6) is 1.30. The molecule has 0 aromatic heterocycles. The van der Waals surface area contributed by atoms with Gasteiger partial charge in [-0.15, -0.1) is 0 Å². The van der Waals surface area contributed by atoms with Crippen molar-refractivity contribution < 1.29 is 9.53 Å². The van der Waals surface area contributed by atoms with E-state index in [0.29, 0.717) is 5.92 Å². The van der Waals surface area contributed by atoms with E-state index in [2.05, 4.69) is 17.4 Å². The summed E-state index contributed by atoms with van der Waals surface area (Å²) in [5.41, 5.74) is 4.50. The molecule has 1 saturated carbocycles. The highest BCUT2D eigenvalue weighted by molar-refractivity contribution is 5.92. The SMILES string of the molecule is Cc1cccc(NC(=O)COc2ccc(C3CCCCC3)cc2)c1C. The van der Waals surface area contributed by atoms with E-state index in [0.717, 1.165) is 22.6 Å². The molecule has 3 nitrogen and oxygen atoms in total. The molecule has 0 spiro atoms. The Morgan fingerprint density at radius 3 is 2.48 bits per heavy atom. The molecule has 0 unspecified atom stereocenters. The van der Waals surface area contributed by atoms with Crippen LogP contribution in [0.1, 0.15) is 54.7 Å². The standard InChI is InChI=1S/C22H27NO2/c1-16-7-6-10-21(17(16)2)23-22(24)15-25-20-13-11-19(12-14-20)18-8-4-3-5-9-18/h6-7,10-14,18H,3-5,8-9,15H2,1-2H3,(H,23,24). The number of benzene rings is 2. The van der Waals surface area contributed by atoms with E-state index in [4.69, 9.17) is 4.74 Å². The molecule has 132 valence electrons. The second-order valence-electron chi connectivity index (χ2n) is 6.99. The van der Waals surface area contributed by atoms with Crippen LogP contribution in [0.4, 0.5) is 5.69 Å². The number of hydrogen-bond donors (Lipinski definition) is 1. The Labute approximate surface area is 150 Å². The van der Waals surface area contributed by atoms with E-state index in [1.807, 2.05) is 44.2 Å². The molecule has 1 amide bonds. The summed E-state index contributed by atoms with van der Waals surface area (Å²) in [5, 5.41) is 2.92. The Morgan fingerprint density at radius 2 is 1.76 bits per heavy atom. The molecule has 0 saturated heterocycles. The predicted molar refractivity (Wildman–Crippen MR) is 102 cm³/mol. The zero-order chi connectivity index (χ0) is 17.6. The minimum absolute atomic E-state index is 0.0240. The van der Waals surface area contributed by atoms with Crippen LogP contribution in [0, 0.1) is 13.8 Å². The first-order chi connectivity index (χ1) is 12.1. The fraction of sp³-hybridized carbons (Fsp3) is 0.409. The molecule has 1 fully saturated rings. The largest absolute Gasteiger partial charge is 0.484 e. The third-order valence-electron chi connectivity index (χ3n) is 5.21. The van der Waals surface area contributed by atoms with Gasteiger partial charge in [-0.2, -0.15) is 0 Å². The van der Waals surface area contributed by atoms with E-state index < -0.39 is 0 Å². The van der Waals surface area contributed by atoms with Crippen LogP contribution in [-0.2, 0) is 4.79 Å². The molecular formula is C22H27NO2. The van der Waals surface area contributed by atoms with Crippen LogP contribution in [-0.4, -0.2) is 12.5 Å². The molecule has 2 aromatic rings. The molecule has 1 N–H and O–H groups in total. The molecule has 0 atom stereocenters. The van der Waals surface area contributed by atoms with Gasteiger partial charge in [-0.3, -0.25) is 4.79 Å². The number of hydrogen-bond acceptors (Lipinski definition) is 2. The van der Waals surface area contributed by atoms with Crippen molar-refractivity contribution in [1.29, 1.82) is 0 Å². The average molecular weight is 337 g/mol. The minimum Gasteiger partial charge on any atom is -0.484 e. The van der Waals surface area contributed by atoms with Gasteiger partial charge in [-0.05, 0) is 67.5 Å². The Bertz CT molecular complexity index is 715. The first-order valence-electron chi connectivity index (χ1n) is 9.22. The molecule has 0 radical (unpaired) electrons. The summed E-state index contributed by atoms with van der Waals surface area (Å²) < 4.78 is 5.64. The monoisotopic (exact) mass is 337 g/mol. The van der Waals surface area contributed by atoms with Crippen LogP contribution in [0.15, 0.2) is 42.5 Å². The van der Waals surface area contributed by atoms with E-state index in [1.54, 1.807) is 0 Å². The summed E-state index contributed by atoms with van der Waals surface area (Å²) in [6, 6.07) is 14.2. The highest BCUT2D eigenvalue weighted by Crippen LogP contribution is 2.33.